The van der Waals surface area contributed by atoms with Crippen LogP contribution in [0.2, 0.25) is 0 Å². The number of aromatic nitrogens is 2. The Bertz CT molecular complexity index is 2560. The van der Waals surface area contributed by atoms with Crippen LogP contribution in [0.1, 0.15) is 27.8 Å². The third-order valence-corrected chi connectivity index (χ3v) is 9.31. The molecule has 4 nitrogen and oxygen atoms in total. The fourth-order valence-corrected chi connectivity index (χ4v) is 6.63. The van der Waals surface area contributed by atoms with Crippen molar-refractivity contribution in [3.05, 3.63) is 155 Å². The van der Waals surface area contributed by atoms with Crippen LogP contribution in [0.3, 0.4) is 0 Å². The van der Waals surface area contributed by atoms with Crippen LogP contribution in [-0.4, -0.2) is 9.97 Å². The number of aryl methyl sites for hydroxylation is 5. The number of pyridine rings is 2. The van der Waals surface area contributed by atoms with Crippen molar-refractivity contribution in [2.45, 2.75) is 34.6 Å². The Morgan fingerprint density at radius 3 is 1.78 bits per heavy atom. The molecule has 5 heteroatoms. The minimum atomic E-state index is 0. The molecule has 5 aromatic carbocycles. The summed E-state index contributed by atoms with van der Waals surface area (Å²) in [5, 5.41) is 4.51. The molecule has 0 spiro atoms. The van der Waals surface area contributed by atoms with Gasteiger partial charge in [-0.15, -0.1) is 71.3 Å². The van der Waals surface area contributed by atoms with Gasteiger partial charge in [-0.25, -0.2) is 0 Å². The van der Waals surface area contributed by atoms with Gasteiger partial charge in [0.05, 0.1) is 0 Å². The molecule has 247 valence electrons. The van der Waals surface area contributed by atoms with Crippen LogP contribution in [0.5, 0.6) is 0 Å². The maximum Gasteiger partial charge on any atom is 0.139 e. The van der Waals surface area contributed by atoms with Crippen LogP contribution in [0, 0.1) is 46.8 Å². The smallest absolute Gasteiger partial charge is 0.139 e. The van der Waals surface area contributed by atoms with E-state index in [4.69, 9.17) is 8.83 Å². The molecule has 9 aromatic rings. The molecule has 1 radical (unpaired) electrons. The molecule has 0 aliphatic rings. The van der Waals surface area contributed by atoms with Gasteiger partial charge in [0.25, 0.3) is 0 Å². The monoisotopic (exact) mass is 827 g/mol. The summed E-state index contributed by atoms with van der Waals surface area (Å²) >= 11 is 0. The minimum Gasteiger partial charge on any atom is -0.456 e. The van der Waals surface area contributed by atoms with Gasteiger partial charge in [0, 0.05) is 65.7 Å². The fraction of sp³-hybridized carbons (Fsp3) is 0.111. The van der Waals surface area contributed by atoms with Gasteiger partial charge in [-0.2, -0.15) is 0 Å². The van der Waals surface area contributed by atoms with Gasteiger partial charge in [0.15, 0.2) is 0 Å². The molecule has 9 rings (SSSR count). The summed E-state index contributed by atoms with van der Waals surface area (Å²) < 4.78 is 12.7. The zero-order valence-corrected chi connectivity index (χ0v) is 30.9. The van der Waals surface area contributed by atoms with Gasteiger partial charge in [0.1, 0.15) is 22.3 Å². The first-order valence-electron chi connectivity index (χ1n) is 16.5. The van der Waals surface area contributed by atoms with Crippen LogP contribution in [0.25, 0.3) is 77.5 Å². The van der Waals surface area contributed by atoms with E-state index in [1.54, 1.807) is 0 Å². The summed E-state index contributed by atoms with van der Waals surface area (Å²) in [6, 6.07) is 41.4. The molecule has 4 heterocycles. The predicted octanol–water partition coefficient (Wildman–Crippen LogP) is 12.1. The Balaban J connectivity index is 0.000000207. The van der Waals surface area contributed by atoms with E-state index in [0.29, 0.717) is 0 Å². The molecule has 4 aromatic heterocycles. The number of hydrogen-bond donors (Lipinski definition) is 0. The molecule has 0 N–H and O–H groups in total. The Morgan fingerprint density at radius 2 is 1.18 bits per heavy atom. The van der Waals surface area contributed by atoms with Gasteiger partial charge >= 0.3 is 0 Å². The molecule has 0 atom stereocenters. The summed E-state index contributed by atoms with van der Waals surface area (Å²) in [6.45, 7) is 10.5. The number of nitrogens with zero attached hydrogens (tertiary/aromatic N) is 2. The average molecular weight is 827 g/mol. The zero-order chi connectivity index (χ0) is 33.6. The predicted molar refractivity (Wildman–Crippen MR) is 201 cm³/mol. The second-order valence-corrected chi connectivity index (χ2v) is 12.7. The standard InChI is InChI=1S/C31H20NO2.C14H14N.Ir/c1-18-8-6-12-23-27(18)30-25(33-23)17-26-31(28-19(2)9-7-13-24(28)34-26)29(30)21-14-15-32-22(16-21)20-10-4-3-5-11-20;1-10-4-6-13(7-5-10)14-8-11(2)12(3)9-15-14;/h3-10,12-17H,1-2H3;4-6,8-9H,1-3H3;/q2*-1;. The average Bonchev–Trinajstić information content (AvgIpc) is 3.69. The minimum absolute atomic E-state index is 0. The summed E-state index contributed by atoms with van der Waals surface area (Å²) in [5.74, 6) is 0. The van der Waals surface area contributed by atoms with Crippen LogP contribution in [-0.2, 0) is 20.1 Å². The number of hydrogen-bond acceptors (Lipinski definition) is 4. The first-order valence-corrected chi connectivity index (χ1v) is 16.5. The first kappa shape index (κ1) is 33.2. The Labute approximate surface area is 305 Å². The molecule has 0 bridgehead atoms. The molecule has 0 saturated heterocycles. The van der Waals surface area contributed by atoms with Gasteiger partial charge in [-0.05, 0) is 79.5 Å². The van der Waals surface area contributed by atoms with E-state index in [-0.39, 0.29) is 20.1 Å². The third-order valence-electron chi connectivity index (χ3n) is 9.31. The molecular formula is C45H34IrN2O2-2. The van der Waals surface area contributed by atoms with Crippen LogP contribution in [0.4, 0.5) is 0 Å². The molecule has 0 aliphatic heterocycles. The molecule has 50 heavy (non-hydrogen) atoms. The molecular weight excluding hydrogens is 793 g/mol. The van der Waals surface area contributed by atoms with E-state index in [1.165, 1.54) is 27.8 Å². The van der Waals surface area contributed by atoms with Crippen molar-refractivity contribution >= 4 is 43.9 Å². The SMILES string of the molecule is Cc1c[c-]c(-c2cc(C)c(C)cn2)cc1.Cc1cccc2oc3cc4oc5cccc(C)c5c4c(-c4ccnc(-c5[c-]cccc5)c4)c3c12.[Ir]. The van der Waals surface area contributed by atoms with Crippen molar-refractivity contribution in [3.8, 4) is 33.6 Å². The van der Waals surface area contributed by atoms with Crippen LogP contribution < -0.4 is 0 Å². The van der Waals surface area contributed by atoms with E-state index < -0.39 is 0 Å². The third kappa shape index (κ3) is 5.93. The quantitative estimate of drug-likeness (QED) is 0.167. The van der Waals surface area contributed by atoms with E-state index in [9.17, 15) is 0 Å². The van der Waals surface area contributed by atoms with E-state index in [1.807, 2.05) is 73.1 Å². The largest absolute Gasteiger partial charge is 0.456 e. The normalized spacial score (nSPS) is 11.1. The molecule has 0 saturated carbocycles. The second kappa shape index (κ2) is 13.5. The number of benzene rings is 5. The van der Waals surface area contributed by atoms with Crippen LogP contribution in [0.15, 0.2) is 124 Å². The maximum absolute atomic E-state index is 6.36. The van der Waals surface area contributed by atoms with Crippen molar-refractivity contribution in [2.24, 2.45) is 0 Å². The van der Waals surface area contributed by atoms with Crippen molar-refractivity contribution in [2.75, 3.05) is 0 Å². The number of fused-ring (bicyclic) bond motifs is 6. The van der Waals surface area contributed by atoms with E-state index >= 15 is 0 Å². The zero-order valence-electron chi connectivity index (χ0n) is 28.5. The fourth-order valence-electron chi connectivity index (χ4n) is 6.63. The topological polar surface area (TPSA) is 52.1 Å². The van der Waals surface area contributed by atoms with E-state index in [2.05, 4.69) is 99.2 Å². The molecule has 0 amide bonds. The van der Waals surface area contributed by atoms with Crippen molar-refractivity contribution in [1.29, 1.82) is 0 Å². The summed E-state index contributed by atoms with van der Waals surface area (Å²) in [4.78, 5) is 9.06. The Hall–Kier alpha value is -5.35. The van der Waals surface area contributed by atoms with Gasteiger partial charge in [-0.1, -0.05) is 48.9 Å². The second-order valence-electron chi connectivity index (χ2n) is 12.7. The summed E-state index contributed by atoms with van der Waals surface area (Å²) in [6.07, 6.45) is 3.79. The first-order chi connectivity index (χ1) is 23.9. The van der Waals surface area contributed by atoms with Gasteiger partial charge in [-0.3, -0.25) is 0 Å². The summed E-state index contributed by atoms with van der Waals surface area (Å²) in [7, 11) is 0. The maximum atomic E-state index is 6.36. The number of furan rings is 2. The molecule has 0 fully saturated rings. The van der Waals surface area contributed by atoms with Crippen molar-refractivity contribution in [3.63, 3.8) is 0 Å². The van der Waals surface area contributed by atoms with Gasteiger partial charge in [0.2, 0.25) is 0 Å². The number of rotatable bonds is 3. The van der Waals surface area contributed by atoms with E-state index in [0.717, 1.165) is 77.5 Å². The van der Waals surface area contributed by atoms with Crippen molar-refractivity contribution < 1.29 is 28.9 Å². The van der Waals surface area contributed by atoms with Gasteiger partial charge < -0.3 is 18.8 Å². The Kier molecular flexibility index (Phi) is 8.96. The van der Waals surface area contributed by atoms with Crippen LogP contribution >= 0.6 is 0 Å². The molecule has 0 unspecified atom stereocenters. The summed E-state index contributed by atoms with van der Waals surface area (Å²) in [5.41, 5.74) is 15.6. The van der Waals surface area contributed by atoms with Crippen molar-refractivity contribution in [1.82, 2.24) is 9.97 Å². The Morgan fingerprint density at radius 1 is 0.520 bits per heavy atom. The molecule has 0 aliphatic carbocycles.